The number of guanidine groups is 1. The van der Waals surface area contributed by atoms with Crippen LogP contribution < -0.4 is 43.8 Å². The van der Waals surface area contributed by atoms with Crippen molar-refractivity contribution in [3.05, 3.63) is 42.2 Å². The molecule has 2 aromatic rings. The first kappa shape index (κ1) is 36.6. The Morgan fingerprint density at radius 1 is 0.826 bits per heavy atom. The van der Waals surface area contributed by atoms with E-state index in [1.165, 1.54) is 25.4 Å². The molecular weight excluding hydrogens is 598 g/mol. The fourth-order valence-electron chi connectivity index (χ4n) is 3.99. The molecule has 2 atom stereocenters. The van der Waals surface area contributed by atoms with Gasteiger partial charge in [-0.2, -0.15) is 0 Å². The second-order valence-electron chi connectivity index (χ2n) is 10.7. The summed E-state index contributed by atoms with van der Waals surface area (Å²) < 4.78 is 0. The average Bonchev–Trinajstić information content (AvgIpc) is 3.00. The van der Waals surface area contributed by atoms with Gasteiger partial charge in [0.25, 0.3) is 5.91 Å². The van der Waals surface area contributed by atoms with Crippen molar-refractivity contribution in [3.63, 3.8) is 0 Å². The zero-order valence-corrected chi connectivity index (χ0v) is 26.0. The predicted octanol–water partition coefficient (Wildman–Crippen LogP) is -1.50. The Kier molecular flexibility index (Phi) is 14.5. The van der Waals surface area contributed by atoms with Crippen LogP contribution in [-0.4, -0.2) is 83.1 Å². The van der Waals surface area contributed by atoms with Gasteiger partial charge in [0.05, 0.1) is 41.9 Å². The molecule has 0 saturated carbocycles. The highest BCUT2D eigenvalue weighted by Crippen LogP contribution is 2.18. The molecule has 0 unspecified atom stereocenters. The minimum atomic E-state index is -0.990. The standard InChI is InChI=1S/C29H41N11O6/c1-16(2)11-23(39-25(43)15-34-17(3)41)28(46)38-19-7-9-21(36-13-19)20-8-6-18(12-35-20)26(44)40-22(5-4-10-33-29(31)32)27(45)37-14-24(30)42/h6-9,12-13,16,22-23H,4-5,10-11,14-15H2,1-3H3,(H2,30,42)(H,34,41)(H,37,45)(H,38,46)(H,39,43)(H,40,44)(H4,31,32,33)/t22-,23-/m0/s1. The summed E-state index contributed by atoms with van der Waals surface area (Å²) in [7, 11) is 0. The summed E-state index contributed by atoms with van der Waals surface area (Å²) >= 11 is 0. The van der Waals surface area contributed by atoms with Crippen molar-refractivity contribution in [2.75, 3.05) is 25.0 Å². The molecule has 17 heteroatoms. The number of nitrogens with zero attached hydrogens (tertiary/aromatic N) is 3. The number of carbonyl (C=O) groups excluding carboxylic acids is 6. The maximum Gasteiger partial charge on any atom is 0.253 e. The molecule has 0 aliphatic heterocycles. The van der Waals surface area contributed by atoms with Crippen molar-refractivity contribution in [2.24, 2.45) is 28.1 Å². The first-order valence-corrected chi connectivity index (χ1v) is 14.4. The molecular formula is C29H41N11O6. The van der Waals surface area contributed by atoms with E-state index < -0.39 is 41.6 Å². The number of nitrogens with two attached hydrogens (primary N) is 3. The number of aromatic nitrogens is 2. The molecule has 0 radical (unpaired) electrons. The third-order valence-electron chi connectivity index (χ3n) is 6.18. The molecule has 6 amide bonds. The van der Waals surface area contributed by atoms with Crippen LogP contribution in [0.3, 0.4) is 0 Å². The van der Waals surface area contributed by atoms with Crippen LogP contribution in [0.5, 0.6) is 0 Å². The maximum absolute atomic E-state index is 12.9. The topological polar surface area (TPSA) is 279 Å². The Morgan fingerprint density at radius 2 is 1.50 bits per heavy atom. The summed E-state index contributed by atoms with van der Waals surface area (Å²) in [4.78, 5) is 85.2. The van der Waals surface area contributed by atoms with Gasteiger partial charge in [0.1, 0.15) is 12.1 Å². The normalized spacial score (nSPS) is 11.8. The highest BCUT2D eigenvalue weighted by Gasteiger charge is 2.23. The summed E-state index contributed by atoms with van der Waals surface area (Å²) in [6.07, 6.45) is 3.69. The fourth-order valence-corrected chi connectivity index (χ4v) is 3.99. The summed E-state index contributed by atoms with van der Waals surface area (Å²) in [5.41, 5.74) is 17.2. The number of nitrogens with one attached hydrogen (secondary N) is 5. The van der Waals surface area contributed by atoms with Crippen LogP contribution in [0.2, 0.25) is 0 Å². The lowest BCUT2D eigenvalue weighted by atomic mass is 10.0. The number of carbonyl (C=O) groups is 6. The number of amides is 6. The number of hydrogen-bond donors (Lipinski definition) is 8. The number of anilines is 1. The van der Waals surface area contributed by atoms with Crippen LogP contribution in [-0.2, 0) is 24.0 Å². The van der Waals surface area contributed by atoms with Gasteiger partial charge in [-0.1, -0.05) is 13.8 Å². The van der Waals surface area contributed by atoms with Crippen molar-refractivity contribution in [1.82, 2.24) is 31.2 Å². The molecule has 0 fully saturated rings. The van der Waals surface area contributed by atoms with Gasteiger partial charge in [0.2, 0.25) is 29.5 Å². The molecule has 17 nitrogen and oxygen atoms in total. The molecule has 0 aromatic carbocycles. The van der Waals surface area contributed by atoms with Crippen LogP contribution in [0, 0.1) is 5.92 Å². The minimum absolute atomic E-state index is 0.101. The van der Waals surface area contributed by atoms with E-state index in [-0.39, 0.29) is 49.4 Å². The van der Waals surface area contributed by atoms with Crippen molar-refractivity contribution in [2.45, 2.75) is 52.1 Å². The van der Waals surface area contributed by atoms with E-state index in [0.29, 0.717) is 29.9 Å². The van der Waals surface area contributed by atoms with Crippen LogP contribution in [0.4, 0.5) is 5.69 Å². The summed E-state index contributed by atoms with van der Waals surface area (Å²) in [5.74, 6) is -3.19. The van der Waals surface area contributed by atoms with Gasteiger partial charge in [-0.15, -0.1) is 0 Å². The fraction of sp³-hybridized carbons (Fsp3) is 0.414. The Bertz CT molecular complexity index is 1410. The molecule has 0 bridgehead atoms. The lowest BCUT2D eigenvalue weighted by Gasteiger charge is -2.20. The van der Waals surface area contributed by atoms with E-state index in [4.69, 9.17) is 17.2 Å². The van der Waals surface area contributed by atoms with Gasteiger partial charge in [0.15, 0.2) is 5.96 Å². The zero-order valence-electron chi connectivity index (χ0n) is 26.0. The zero-order chi connectivity index (χ0) is 34.2. The Morgan fingerprint density at radius 3 is 2.04 bits per heavy atom. The first-order valence-electron chi connectivity index (χ1n) is 14.4. The highest BCUT2D eigenvalue weighted by atomic mass is 16.2. The summed E-state index contributed by atoms with van der Waals surface area (Å²) in [5, 5.41) is 12.8. The van der Waals surface area contributed by atoms with Gasteiger partial charge in [0, 0.05) is 19.7 Å². The minimum Gasteiger partial charge on any atom is -0.370 e. The molecule has 2 rings (SSSR count). The van der Waals surface area contributed by atoms with E-state index in [9.17, 15) is 28.8 Å². The lowest BCUT2D eigenvalue weighted by Crippen LogP contribution is -2.48. The summed E-state index contributed by atoms with van der Waals surface area (Å²) in [6.45, 7) is 4.72. The maximum atomic E-state index is 12.9. The third-order valence-corrected chi connectivity index (χ3v) is 6.18. The molecule has 0 saturated heterocycles. The smallest absolute Gasteiger partial charge is 0.253 e. The van der Waals surface area contributed by atoms with E-state index >= 15 is 0 Å². The van der Waals surface area contributed by atoms with E-state index in [1.54, 1.807) is 18.2 Å². The van der Waals surface area contributed by atoms with Crippen molar-refractivity contribution >= 4 is 47.1 Å². The monoisotopic (exact) mass is 639 g/mol. The van der Waals surface area contributed by atoms with Crippen LogP contribution in [0.25, 0.3) is 11.4 Å². The molecule has 2 aromatic heterocycles. The van der Waals surface area contributed by atoms with Gasteiger partial charge >= 0.3 is 0 Å². The van der Waals surface area contributed by atoms with Crippen LogP contribution in [0.15, 0.2) is 41.7 Å². The summed E-state index contributed by atoms with van der Waals surface area (Å²) in [6, 6.07) is 4.50. The first-order chi connectivity index (χ1) is 21.7. The van der Waals surface area contributed by atoms with Crippen LogP contribution in [0.1, 0.15) is 50.4 Å². The van der Waals surface area contributed by atoms with E-state index in [2.05, 4.69) is 41.5 Å². The molecule has 11 N–H and O–H groups in total. The average molecular weight is 640 g/mol. The molecule has 0 spiro atoms. The third kappa shape index (κ3) is 13.4. The van der Waals surface area contributed by atoms with Gasteiger partial charge in [-0.25, -0.2) is 0 Å². The number of rotatable bonds is 17. The number of primary amides is 1. The Balaban J connectivity index is 2.06. The van der Waals surface area contributed by atoms with E-state index in [0.717, 1.165) is 0 Å². The highest BCUT2D eigenvalue weighted by molar-refractivity contribution is 5.98. The molecule has 46 heavy (non-hydrogen) atoms. The lowest BCUT2D eigenvalue weighted by molar-refractivity contribution is -0.128. The largest absolute Gasteiger partial charge is 0.370 e. The van der Waals surface area contributed by atoms with Crippen molar-refractivity contribution in [3.8, 4) is 11.4 Å². The van der Waals surface area contributed by atoms with Crippen molar-refractivity contribution in [1.29, 1.82) is 0 Å². The second kappa shape index (κ2) is 18.3. The Labute approximate surface area is 265 Å². The van der Waals surface area contributed by atoms with Gasteiger partial charge < -0.3 is 43.8 Å². The Hall–Kier alpha value is -5.61. The molecule has 248 valence electrons. The number of pyridine rings is 2. The molecule has 0 aliphatic rings. The van der Waals surface area contributed by atoms with Gasteiger partial charge in [-0.05, 0) is 49.4 Å². The second-order valence-corrected chi connectivity index (χ2v) is 10.7. The predicted molar refractivity (Wildman–Crippen MR) is 170 cm³/mol. The van der Waals surface area contributed by atoms with E-state index in [1.807, 2.05) is 13.8 Å². The van der Waals surface area contributed by atoms with Crippen LogP contribution >= 0.6 is 0 Å². The number of hydrogen-bond acceptors (Lipinski definition) is 9. The molecule has 0 aliphatic carbocycles. The SMILES string of the molecule is CC(=O)NCC(=O)N[C@@H](CC(C)C)C(=O)Nc1ccc(-c2ccc(C(=O)N[C@@H](CCCN=C(N)N)C(=O)NCC(N)=O)cn2)nc1. The van der Waals surface area contributed by atoms with Gasteiger partial charge in [-0.3, -0.25) is 43.7 Å². The molecule has 2 heterocycles. The number of aliphatic imine (C=N–C) groups is 1. The quantitative estimate of drug-likeness (QED) is 0.0563. The van der Waals surface area contributed by atoms with Crippen molar-refractivity contribution < 1.29 is 28.8 Å².